The van der Waals surface area contributed by atoms with Gasteiger partial charge in [-0.3, -0.25) is 9.79 Å². The largest absolute Gasteiger partial charge is 0.461 e. The van der Waals surface area contributed by atoms with Gasteiger partial charge >= 0.3 is 5.97 Å². The van der Waals surface area contributed by atoms with Gasteiger partial charge in [0.1, 0.15) is 22.9 Å². The number of hydrogen-bond acceptors (Lipinski definition) is 9. The molecule has 2 heterocycles. The van der Waals surface area contributed by atoms with Crippen LogP contribution < -0.4 is 21.7 Å². The van der Waals surface area contributed by atoms with E-state index in [4.69, 9.17) is 10.5 Å². The fraction of sp³-hybridized carbons (Fsp3) is 0.389. The number of aliphatic imine (C=N–C) groups is 1. The monoisotopic (exact) mass is 400 g/mol. The zero-order chi connectivity index (χ0) is 21.0. The molecule has 3 rings (SSSR count). The molecule has 11 nitrogen and oxygen atoms in total. The number of esters is 1. The van der Waals surface area contributed by atoms with Gasteiger partial charge in [0, 0.05) is 32.4 Å². The molecule has 2 aromatic rings. The molecule has 1 aliphatic rings. The zero-order valence-corrected chi connectivity index (χ0v) is 16.5. The van der Waals surface area contributed by atoms with Gasteiger partial charge in [-0.2, -0.15) is 9.61 Å². The van der Waals surface area contributed by atoms with E-state index in [2.05, 4.69) is 31.0 Å². The minimum absolute atomic E-state index is 0.134. The first-order valence-corrected chi connectivity index (χ1v) is 9.21. The van der Waals surface area contributed by atoms with Crippen LogP contribution >= 0.6 is 0 Å². The van der Waals surface area contributed by atoms with Crippen molar-refractivity contribution in [3.8, 4) is 0 Å². The Balaban J connectivity index is 2.00. The van der Waals surface area contributed by atoms with Crippen LogP contribution in [0.25, 0.3) is 5.65 Å². The highest BCUT2D eigenvalue weighted by Crippen LogP contribution is 2.22. The molecule has 0 radical (unpaired) electrons. The highest BCUT2D eigenvalue weighted by atomic mass is 16.5. The Hall–Kier alpha value is -3.63. The molecule has 0 aromatic carbocycles. The maximum Gasteiger partial charge on any atom is 0.356 e. The molecule has 2 aromatic heterocycles. The van der Waals surface area contributed by atoms with Crippen LogP contribution in [-0.4, -0.2) is 59.4 Å². The molecule has 0 atom stereocenters. The number of nitrogens with one attached hydrogen (secondary N) is 3. The second-order valence-electron chi connectivity index (χ2n) is 6.38. The maximum absolute atomic E-state index is 12.5. The number of carbonyl (C=O) groups is 2. The predicted octanol–water partition coefficient (Wildman–Crippen LogP) is 0.509. The summed E-state index contributed by atoms with van der Waals surface area (Å²) >= 11 is 0. The molecule has 1 fully saturated rings. The van der Waals surface area contributed by atoms with E-state index < -0.39 is 5.97 Å². The van der Waals surface area contributed by atoms with E-state index in [1.54, 1.807) is 27.1 Å². The maximum atomic E-state index is 12.5. The first kappa shape index (κ1) is 20.1. The molecule has 5 N–H and O–H groups in total. The Morgan fingerprint density at radius 1 is 1.45 bits per heavy atom. The third kappa shape index (κ3) is 4.45. The minimum atomic E-state index is -0.668. The average molecular weight is 400 g/mol. The lowest BCUT2D eigenvalue weighted by molar-refractivity contribution is -0.138. The van der Waals surface area contributed by atoms with Crippen molar-refractivity contribution in [1.82, 2.24) is 19.9 Å². The SMILES string of the molecule is CCOC(=O)C(N)=C(C=NC)Nc1cc(NC)n2ncc(C(=O)NC3CC3)c2n1. The Morgan fingerprint density at radius 3 is 2.83 bits per heavy atom. The van der Waals surface area contributed by atoms with Crippen molar-refractivity contribution in [3.63, 3.8) is 0 Å². The number of fused-ring (bicyclic) bond motifs is 1. The molecule has 154 valence electrons. The van der Waals surface area contributed by atoms with Gasteiger partial charge in [0.05, 0.1) is 18.5 Å². The van der Waals surface area contributed by atoms with Gasteiger partial charge in [-0.15, -0.1) is 0 Å². The summed E-state index contributed by atoms with van der Waals surface area (Å²) in [4.78, 5) is 32.9. The number of nitrogens with zero attached hydrogens (tertiary/aromatic N) is 4. The highest BCUT2D eigenvalue weighted by Gasteiger charge is 2.26. The third-order valence-electron chi connectivity index (χ3n) is 4.19. The molecule has 1 amide bonds. The molecule has 0 saturated heterocycles. The number of ether oxygens (including phenoxy) is 1. The van der Waals surface area contributed by atoms with Crippen LogP contribution in [-0.2, 0) is 9.53 Å². The Labute approximate surface area is 167 Å². The molecule has 0 unspecified atom stereocenters. The molecule has 0 aliphatic heterocycles. The first-order chi connectivity index (χ1) is 14.0. The number of nitrogens with two attached hydrogens (primary N) is 1. The van der Waals surface area contributed by atoms with Crippen LogP contribution in [0.15, 0.2) is 28.6 Å². The van der Waals surface area contributed by atoms with Gasteiger partial charge in [-0.25, -0.2) is 9.78 Å². The number of allylic oxidation sites excluding steroid dienone is 1. The van der Waals surface area contributed by atoms with E-state index in [-0.39, 0.29) is 29.9 Å². The molecular weight excluding hydrogens is 376 g/mol. The highest BCUT2D eigenvalue weighted by molar-refractivity contribution is 6.01. The number of amides is 1. The van der Waals surface area contributed by atoms with Gasteiger partial charge < -0.3 is 26.4 Å². The van der Waals surface area contributed by atoms with Crippen LogP contribution in [0.1, 0.15) is 30.1 Å². The van der Waals surface area contributed by atoms with Gasteiger partial charge in [0.2, 0.25) is 0 Å². The van der Waals surface area contributed by atoms with Crippen molar-refractivity contribution in [2.24, 2.45) is 10.7 Å². The van der Waals surface area contributed by atoms with Gasteiger partial charge in [0.25, 0.3) is 5.91 Å². The van der Waals surface area contributed by atoms with Crippen molar-refractivity contribution in [2.45, 2.75) is 25.8 Å². The summed E-state index contributed by atoms with van der Waals surface area (Å²) < 4.78 is 6.47. The quantitative estimate of drug-likeness (QED) is 0.285. The summed E-state index contributed by atoms with van der Waals surface area (Å²) in [5.74, 6) is 0.0419. The van der Waals surface area contributed by atoms with Gasteiger partial charge in [-0.05, 0) is 19.8 Å². The van der Waals surface area contributed by atoms with Gasteiger partial charge in [0.15, 0.2) is 5.65 Å². The minimum Gasteiger partial charge on any atom is -0.461 e. The Morgan fingerprint density at radius 2 is 2.21 bits per heavy atom. The standard InChI is InChI=1S/C18H24N8O3/c1-4-29-18(28)15(19)12(9-20-2)24-13-7-14(21-3)26-16(25-13)11(8-22-26)17(27)23-10-5-6-10/h7-10,21H,4-6,19H2,1-3H3,(H,23,27)(H,24,25). The van der Waals surface area contributed by atoms with E-state index in [1.807, 2.05) is 0 Å². The predicted molar refractivity (Wildman–Crippen MR) is 109 cm³/mol. The number of hydrogen-bond donors (Lipinski definition) is 4. The Kier molecular flexibility index (Phi) is 5.96. The molecule has 1 saturated carbocycles. The fourth-order valence-electron chi connectivity index (χ4n) is 2.61. The number of aromatic nitrogens is 3. The lowest BCUT2D eigenvalue weighted by Gasteiger charge is -2.12. The topological polar surface area (TPSA) is 148 Å². The van der Waals surface area contributed by atoms with Gasteiger partial charge in [-0.1, -0.05) is 0 Å². The van der Waals surface area contributed by atoms with Crippen LogP contribution in [0.3, 0.4) is 0 Å². The normalized spacial score (nSPS) is 14.6. The summed E-state index contributed by atoms with van der Waals surface area (Å²) in [6.45, 7) is 1.88. The van der Waals surface area contributed by atoms with Crippen molar-refractivity contribution in [2.75, 3.05) is 31.3 Å². The van der Waals surface area contributed by atoms with Crippen LogP contribution in [0, 0.1) is 0 Å². The van der Waals surface area contributed by atoms with Crippen LogP contribution in [0.4, 0.5) is 11.6 Å². The second-order valence-corrected chi connectivity index (χ2v) is 6.38. The van der Waals surface area contributed by atoms with Crippen molar-refractivity contribution < 1.29 is 14.3 Å². The molecular formula is C18H24N8O3. The summed E-state index contributed by atoms with van der Waals surface area (Å²) in [6, 6.07) is 1.88. The molecule has 29 heavy (non-hydrogen) atoms. The van der Waals surface area contributed by atoms with Crippen molar-refractivity contribution in [3.05, 3.63) is 29.2 Å². The van der Waals surface area contributed by atoms with Crippen molar-refractivity contribution >= 4 is 35.4 Å². The van der Waals surface area contributed by atoms with Crippen LogP contribution in [0.5, 0.6) is 0 Å². The molecule has 0 spiro atoms. The number of anilines is 2. The smallest absolute Gasteiger partial charge is 0.356 e. The average Bonchev–Trinajstić information content (AvgIpc) is 3.41. The molecule has 11 heteroatoms. The van der Waals surface area contributed by atoms with E-state index in [0.29, 0.717) is 22.8 Å². The summed E-state index contributed by atoms with van der Waals surface area (Å²) in [7, 11) is 3.27. The summed E-state index contributed by atoms with van der Waals surface area (Å²) in [6.07, 6.45) is 4.82. The fourth-order valence-corrected chi connectivity index (χ4v) is 2.61. The second kappa shape index (κ2) is 8.59. The lowest BCUT2D eigenvalue weighted by atomic mass is 10.3. The van der Waals surface area contributed by atoms with E-state index in [9.17, 15) is 9.59 Å². The molecule has 1 aliphatic carbocycles. The van der Waals surface area contributed by atoms with E-state index in [0.717, 1.165) is 12.8 Å². The summed E-state index contributed by atoms with van der Waals surface area (Å²) in [5.41, 5.74) is 6.72. The van der Waals surface area contributed by atoms with Crippen LogP contribution in [0.2, 0.25) is 0 Å². The van der Waals surface area contributed by atoms with E-state index in [1.165, 1.54) is 16.9 Å². The zero-order valence-electron chi connectivity index (χ0n) is 16.5. The van der Waals surface area contributed by atoms with E-state index >= 15 is 0 Å². The first-order valence-electron chi connectivity index (χ1n) is 9.21. The molecule has 0 bridgehead atoms. The number of rotatable bonds is 8. The van der Waals surface area contributed by atoms with Crippen molar-refractivity contribution in [1.29, 1.82) is 0 Å². The third-order valence-corrected chi connectivity index (χ3v) is 4.19. The Bertz CT molecular complexity index is 990. The summed E-state index contributed by atoms with van der Waals surface area (Å²) in [5, 5.41) is 13.2. The lowest BCUT2D eigenvalue weighted by Crippen LogP contribution is -2.25. The number of carbonyl (C=O) groups excluding carboxylic acids is 2.